The molecule has 2 unspecified atom stereocenters. The molecule has 0 saturated heterocycles. The zero-order chi connectivity index (χ0) is 25.2. The van der Waals surface area contributed by atoms with Crippen LogP contribution in [-0.4, -0.2) is 18.8 Å². The monoisotopic (exact) mass is 482 g/mol. The molecule has 2 aromatic carbocycles. The Bertz CT molecular complexity index is 1070. The molecule has 0 heterocycles. The van der Waals surface area contributed by atoms with E-state index in [1.54, 1.807) is 24.3 Å². The Balaban J connectivity index is 1.67. The molecule has 186 valence electrons. The van der Waals surface area contributed by atoms with E-state index in [-0.39, 0.29) is 30.5 Å². The second-order valence-electron chi connectivity index (χ2n) is 8.50. The number of allylic oxidation sites excluding steroid dienone is 5. The molecule has 5 heteroatoms. The molecular weight excluding hydrogens is 449 g/mol. The molecule has 1 aliphatic carbocycles. The van der Waals surface area contributed by atoms with Gasteiger partial charge in [0, 0.05) is 18.6 Å². The normalized spacial score (nSPS) is 19.2. The van der Waals surface area contributed by atoms with Crippen LogP contribution in [0.4, 0.5) is 13.2 Å². The van der Waals surface area contributed by atoms with Crippen molar-refractivity contribution in [3.8, 4) is 0 Å². The number of ether oxygens (including phenoxy) is 2. The zero-order valence-electron chi connectivity index (χ0n) is 20.4. The van der Waals surface area contributed by atoms with Gasteiger partial charge in [-0.3, -0.25) is 0 Å². The lowest BCUT2D eigenvalue weighted by molar-refractivity contribution is 0.0118. The van der Waals surface area contributed by atoms with E-state index in [1.165, 1.54) is 18.2 Å². The molecule has 2 aromatic rings. The second kappa shape index (κ2) is 13.3. The van der Waals surface area contributed by atoms with Crippen molar-refractivity contribution in [1.29, 1.82) is 0 Å². The van der Waals surface area contributed by atoms with E-state index in [0.717, 1.165) is 17.5 Å². The third-order valence-corrected chi connectivity index (χ3v) is 6.01. The topological polar surface area (TPSA) is 18.5 Å². The molecule has 3 rings (SSSR count). The SMILES string of the molecule is C=C/C=C(\C(F)=C(\F)Cc1ccc(CC)cc1)c1ccc(COC2CCC(OCC)C=C2F)cc1. The summed E-state index contributed by atoms with van der Waals surface area (Å²) in [5.41, 5.74) is 3.31. The molecule has 2 atom stereocenters. The van der Waals surface area contributed by atoms with Crippen molar-refractivity contribution in [2.24, 2.45) is 0 Å². The highest BCUT2D eigenvalue weighted by Gasteiger charge is 2.24. The van der Waals surface area contributed by atoms with E-state index in [2.05, 4.69) is 6.58 Å². The van der Waals surface area contributed by atoms with Crippen LogP contribution in [0.1, 0.15) is 48.9 Å². The summed E-state index contributed by atoms with van der Waals surface area (Å²) in [4.78, 5) is 0. The quantitative estimate of drug-likeness (QED) is 0.301. The van der Waals surface area contributed by atoms with Gasteiger partial charge in [0.05, 0.1) is 12.7 Å². The predicted molar refractivity (Wildman–Crippen MR) is 136 cm³/mol. The van der Waals surface area contributed by atoms with E-state index in [0.29, 0.717) is 30.6 Å². The summed E-state index contributed by atoms with van der Waals surface area (Å²) in [5, 5.41) is 0. The molecule has 0 N–H and O–H groups in total. The summed E-state index contributed by atoms with van der Waals surface area (Å²) in [6.07, 6.45) is 5.60. The fourth-order valence-electron chi connectivity index (χ4n) is 4.02. The first-order valence-electron chi connectivity index (χ1n) is 12.1. The Labute approximate surface area is 206 Å². The summed E-state index contributed by atoms with van der Waals surface area (Å²) >= 11 is 0. The van der Waals surface area contributed by atoms with Gasteiger partial charge in [-0.05, 0) is 54.5 Å². The van der Waals surface area contributed by atoms with Gasteiger partial charge in [0.15, 0.2) is 5.83 Å². The highest BCUT2D eigenvalue weighted by molar-refractivity contribution is 5.78. The van der Waals surface area contributed by atoms with Crippen LogP contribution >= 0.6 is 0 Å². The van der Waals surface area contributed by atoms with Crippen LogP contribution in [0, 0.1) is 0 Å². The maximum atomic E-state index is 15.1. The second-order valence-corrected chi connectivity index (χ2v) is 8.50. The molecule has 0 aromatic heterocycles. The van der Waals surface area contributed by atoms with Crippen molar-refractivity contribution < 1.29 is 22.6 Å². The van der Waals surface area contributed by atoms with Gasteiger partial charge in [0.2, 0.25) is 0 Å². The van der Waals surface area contributed by atoms with Gasteiger partial charge in [0.1, 0.15) is 17.8 Å². The number of benzene rings is 2. The fraction of sp³-hybridized carbons (Fsp3) is 0.333. The van der Waals surface area contributed by atoms with E-state index in [1.807, 2.05) is 38.1 Å². The molecule has 0 radical (unpaired) electrons. The summed E-state index contributed by atoms with van der Waals surface area (Å²) < 4.78 is 55.4. The number of hydrogen-bond donors (Lipinski definition) is 0. The van der Waals surface area contributed by atoms with E-state index < -0.39 is 17.8 Å². The molecule has 0 saturated carbocycles. The van der Waals surface area contributed by atoms with Crippen LogP contribution < -0.4 is 0 Å². The number of halogens is 3. The molecule has 0 aliphatic heterocycles. The Morgan fingerprint density at radius 2 is 1.60 bits per heavy atom. The fourth-order valence-corrected chi connectivity index (χ4v) is 4.02. The third-order valence-electron chi connectivity index (χ3n) is 6.01. The smallest absolute Gasteiger partial charge is 0.162 e. The van der Waals surface area contributed by atoms with Crippen LogP contribution in [0.2, 0.25) is 0 Å². The highest BCUT2D eigenvalue weighted by Crippen LogP contribution is 2.30. The summed E-state index contributed by atoms with van der Waals surface area (Å²) in [7, 11) is 0. The third kappa shape index (κ3) is 7.55. The van der Waals surface area contributed by atoms with Crippen molar-refractivity contribution in [3.05, 3.63) is 113 Å². The molecule has 0 amide bonds. The lowest BCUT2D eigenvalue weighted by Gasteiger charge is -2.24. The Hall–Kier alpha value is -2.89. The Kier molecular flexibility index (Phi) is 10.1. The lowest BCUT2D eigenvalue weighted by atomic mass is 10.00. The van der Waals surface area contributed by atoms with E-state index >= 15 is 4.39 Å². The van der Waals surface area contributed by atoms with Crippen LogP contribution in [0.3, 0.4) is 0 Å². The number of aryl methyl sites for hydroxylation is 1. The molecule has 0 spiro atoms. The van der Waals surface area contributed by atoms with Gasteiger partial charge in [-0.2, -0.15) is 0 Å². The Morgan fingerprint density at radius 3 is 2.20 bits per heavy atom. The average molecular weight is 483 g/mol. The first kappa shape index (κ1) is 26.7. The minimum Gasteiger partial charge on any atom is -0.374 e. The highest BCUT2D eigenvalue weighted by atomic mass is 19.2. The standard InChI is InChI=1S/C30H33F3O2/c1-4-7-26(30(33)28(32)18-22-10-8-21(5-2)9-11-22)24-14-12-23(13-15-24)20-35-29-17-16-25(34-6-3)19-27(29)31/h4,7-15,19,25,29H,1,5-6,16-18,20H2,2-3H3/b26-7-,30-28-. The average Bonchev–Trinajstić information content (AvgIpc) is 2.87. The largest absolute Gasteiger partial charge is 0.374 e. The predicted octanol–water partition coefficient (Wildman–Crippen LogP) is 8.15. The van der Waals surface area contributed by atoms with E-state index in [9.17, 15) is 8.78 Å². The number of rotatable bonds is 11. The van der Waals surface area contributed by atoms with Gasteiger partial charge in [-0.1, -0.05) is 74.2 Å². The molecule has 1 aliphatic rings. The maximum Gasteiger partial charge on any atom is 0.162 e. The molecule has 0 fully saturated rings. The molecule has 0 bridgehead atoms. The van der Waals surface area contributed by atoms with Crippen molar-refractivity contribution in [3.63, 3.8) is 0 Å². The summed E-state index contributed by atoms with van der Waals surface area (Å²) in [6.45, 7) is 8.32. The van der Waals surface area contributed by atoms with Crippen molar-refractivity contribution in [2.75, 3.05) is 6.61 Å². The molecule has 2 nitrogen and oxygen atoms in total. The van der Waals surface area contributed by atoms with Crippen molar-refractivity contribution in [2.45, 2.75) is 58.3 Å². The van der Waals surface area contributed by atoms with Crippen molar-refractivity contribution in [1.82, 2.24) is 0 Å². The first-order chi connectivity index (χ1) is 16.9. The van der Waals surface area contributed by atoms with Crippen LogP contribution in [-0.2, 0) is 28.9 Å². The van der Waals surface area contributed by atoms with Crippen molar-refractivity contribution >= 4 is 5.57 Å². The van der Waals surface area contributed by atoms with Crippen LogP contribution in [0.15, 0.2) is 90.8 Å². The Morgan fingerprint density at radius 1 is 0.943 bits per heavy atom. The molecular formula is C30H33F3O2. The zero-order valence-corrected chi connectivity index (χ0v) is 20.4. The summed E-state index contributed by atoms with van der Waals surface area (Å²) in [5.74, 6) is -2.05. The van der Waals surface area contributed by atoms with Crippen LogP contribution in [0.5, 0.6) is 0 Å². The van der Waals surface area contributed by atoms with Gasteiger partial charge in [-0.25, -0.2) is 13.2 Å². The molecule has 35 heavy (non-hydrogen) atoms. The first-order valence-corrected chi connectivity index (χ1v) is 12.1. The minimum atomic E-state index is -0.910. The maximum absolute atomic E-state index is 15.1. The number of hydrogen-bond acceptors (Lipinski definition) is 2. The minimum absolute atomic E-state index is 0.123. The lowest BCUT2D eigenvalue weighted by Crippen LogP contribution is -2.24. The van der Waals surface area contributed by atoms with Gasteiger partial charge < -0.3 is 9.47 Å². The van der Waals surface area contributed by atoms with E-state index in [4.69, 9.17) is 9.47 Å². The van der Waals surface area contributed by atoms with Crippen LogP contribution in [0.25, 0.3) is 5.57 Å². The summed E-state index contributed by atoms with van der Waals surface area (Å²) in [6, 6.07) is 14.4. The van der Waals surface area contributed by atoms with Gasteiger partial charge in [-0.15, -0.1) is 0 Å². The van der Waals surface area contributed by atoms with Gasteiger partial charge in [0.25, 0.3) is 0 Å². The van der Waals surface area contributed by atoms with Gasteiger partial charge >= 0.3 is 0 Å².